The lowest BCUT2D eigenvalue weighted by Crippen LogP contribution is -2.45. The lowest BCUT2D eigenvalue weighted by atomic mass is 10.0. The Morgan fingerprint density at radius 1 is 1.13 bits per heavy atom. The van der Waals surface area contributed by atoms with Gasteiger partial charge in [0, 0.05) is 18.2 Å². The Morgan fingerprint density at radius 2 is 1.80 bits per heavy atom. The van der Waals surface area contributed by atoms with Crippen LogP contribution in [0.5, 0.6) is 11.5 Å². The van der Waals surface area contributed by atoms with E-state index in [-0.39, 0.29) is 12.5 Å². The molecule has 0 radical (unpaired) electrons. The maximum absolute atomic E-state index is 12.7. The molecular formula is C20H29N5O5. The van der Waals surface area contributed by atoms with Crippen molar-refractivity contribution in [2.75, 3.05) is 14.2 Å². The van der Waals surface area contributed by atoms with Crippen molar-refractivity contribution >= 4 is 11.9 Å². The number of nitrogens with zero attached hydrogens (tertiary/aromatic N) is 4. The first-order chi connectivity index (χ1) is 14.4. The first kappa shape index (κ1) is 23.1. The summed E-state index contributed by atoms with van der Waals surface area (Å²) in [4.78, 5) is 25.4. The number of carbonyl (C=O) groups excluding carboxylic acids is 2. The van der Waals surface area contributed by atoms with Crippen LogP contribution >= 0.6 is 0 Å². The van der Waals surface area contributed by atoms with Crippen molar-refractivity contribution in [1.82, 2.24) is 25.5 Å². The summed E-state index contributed by atoms with van der Waals surface area (Å²) in [6.07, 6.45) is 1.91. The predicted octanol–water partition coefficient (Wildman–Crippen LogP) is 1.99. The topological polar surface area (TPSA) is 117 Å². The summed E-state index contributed by atoms with van der Waals surface area (Å²) in [5, 5.41) is 14.2. The number of benzene rings is 1. The number of aryl methyl sites for hydroxylation is 1. The molecule has 0 aliphatic heterocycles. The Balaban J connectivity index is 2.06. The van der Waals surface area contributed by atoms with E-state index in [2.05, 4.69) is 27.8 Å². The maximum atomic E-state index is 12.7. The van der Waals surface area contributed by atoms with E-state index >= 15 is 0 Å². The highest BCUT2D eigenvalue weighted by atomic mass is 16.5. The number of unbranched alkanes of at least 4 members (excludes halogenated alkanes) is 1. The number of ether oxygens (including phenoxy) is 3. The van der Waals surface area contributed by atoms with E-state index in [1.807, 2.05) is 13.8 Å². The number of tetrazole rings is 1. The van der Waals surface area contributed by atoms with E-state index in [1.165, 1.54) is 14.2 Å². The highest BCUT2D eigenvalue weighted by molar-refractivity contribution is 5.97. The van der Waals surface area contributed by atoms with Gasteiger partial charge in [-0.2, -0.15) is 0 Å². The minimum atomic E-state index is -0.838. The zero-order valence-electron chi connectivity index (χ0n) is 18.0. The second kappa shape index (κ2) is 11.1. The summed E-state index contributed by atoms with van der Waals surface area (Å²) in [5.74, 6) is 0.228. The molecule has 0 unspecified atom stereocenters. The third-order valence-corrected chi connectivity index (χ3v) is 4.49. The number of methoxy groups -OCH3 is 2. The van der Waals surface area contributed by atoms with Gasteiger partial charge in [0.1, 0.15) is 17.5 Å². The quantitative estimate of drug-likeness (QED) is 0.550. The molecule has 0 spiro atoms. The van der Waals surface area contributed by atoms with E-state index < -0.39 is 17.9 Å². The molecule has 1 aromatic heterocycles. The van der Waals surface area contributed by atoms with Crippen LogP contribution in [0.15, 0.2) is 18.2 Å². The van der Waals surface area contributed by atoms with Gasteiger partial charge in [0.25, 0.3) is 5.91 Å². The number of esters is 1. The molecule has 1 atom stereocenters. The van der Waals surface area contributed by atoms with Crippen LogP contribution in [0.1, 0.15) is 49.8 Å². The summed E-state index contributed by atoms with van der Waals surface area (Å²) in [5.41, 5.74) is 0.313. The Labute approximate surface area is 175 Å². The third-order valence-electron chi connectivity index (χ3n) is 4.49. The van der Waals surface area contributed by atoms with Crippen LogP contribution in [-0.4, -0.2) is 52.3 Å². The predicted molar refractivity (Wildman–Crippen MR) is 108 cm³/mol. The number of rotatable bonds is 11. The van der Waals surface area contributed by atoms with Gasteiger partial charge in [0.15, 0.2) is 12.4 Å². The Morgan fingerprint density at radius 3 is 2.37 bits per heavy atom. The van der Waals surface area contributed by atoms with E-state index in [4.69, 9.17) is 14.2 Å². The number of carbonyl (C=O) groups is 2. The molecule has 1 N–H and O–H groups in total. The standard InChI is InChI=1S/C20H29N5O5/c1-6-7-8-25-17(22-23-24-25)12-30-20(27)18(13(2)3)21-19(26)14-9-15(28-4)11-16(10-14)29-5/h9-11,13,18H,6-8,12H2,1-5H3,(H,21,26)/t18-/m0/s1. The second-order valence-corrected chi connectivity index (χ2v) is 7.08. The van der Waals surface area contributed by atoms with E-state index in [0.29, 0.717) is 29.4 Å². The summed E-state index contributed by atoms with van der Waals surface area (Å²) in [7, 11) is 3.00. The molecule has 10 heteroatoms. The molecule has 1 amide bonds. The van der Waals surface area contributed by atoms with Gasteiger partial charge in [-0.15, -0.1) is 5.10 Å². The van der Waals surface area contributed by atoms with E-state index in [1.54, 1.807) is 22.9 Å². The number of hydrogen-bond donors (Lipinski definition) is 1. The highest BCUT2D eigenvalue weighted by Gasteiger charge is 2.27. The zero-order chi connectivity index (χ0) is 22.1. The van der Waals surface area contributed by atoms with Gasteiger partial charge in [-0.3, -0.25) is 4.79 Å². The van der Waals surface area contributed by atoms with Gasteiger partial charge in [0.05, 0.1) is 14.2 Å². The van der Waals surface area contributed by atoms with Crippen molar-refractivity contribution in [3.63, 3.8) is 0 Å². The highest BCUT2D eigenvalue weighted by Crippen LogP contribution is 2.22. The molecule has 0 saturated heterocycles. The van der Waals surface area contributed by atoms with Crippen molar-refractivity contribution in [3.05, 3.63) is 29.6 Å². The van der Waals surface area contributed by atoms with Gasteiger partial charge in [-0.25, -0.2) is 9.48 Å². The molecule has 0 aliphatic rings. The van der Waals surface area contributed by atoms with Crippen molar-refractivity contribution in [2.24, 2.45) is 5.92 Å². The van der Waals surface area contributed by atoms with Crippen molar-refractivity contribution in [3.8, 4) is 11.5 Å². The molecular weight excluding hydrogens is 390 g/mol. The van der Waals surface area contributed by atoms with Crippen molar-refractivity contribution in [1.29, 1.82) is 0 Å². The summed E-state index contributed by atoms with van der Waals surface area (Å²) >= 11 is 0. The maximum Gasteiger partial charge on any atom is 0.329 e. The van der Waals surface area contributed by atoms with Crippen LogP contribution in [0.4, 0.5) is 0 Å². The van der Waals surface area contributed by atoms with Crippen LogP contribution in [-0.2, 0) is 22.7 Å². The summed E-state index contributed by atoms with van der Waals surface area (Å²) in [6, 6.07) is 3.97. The minimum Gasteiger partial charge on any atom is -0.497 e. The van der Waals surface area contributed by atoms with Crippen LogP contribution in [0.3, 0.4) is 0 Å². The summed E-state index contributed by atoms with van der Waals surface area (Å²) in [6.45, 7) is 6.30. The van der Waals surface area contributed by atoms with Crippen LogP contribution in [0.25, 0.3) is 0 Å². The summed E-state index contributed by atoms with van der Waals surface area (Å²) < 4.78 is 17.4. The first-order valence-corrected chi connectivity index (χ1v) is 9.85. The fourth-order valence-electron chi connectivity index (χ4n) is 2.69. The van der Waals surface area contributed by atoms with Gasteiger partial charge in [0.2, 0.25) is 0 Å². The zero-order valence-corrected chi connectivity index (χ0v) is 18.0. The number of hydrogen-bond acceptors (Lipinski definition) is 8. The number of amides is 1. The van der Waals surface area contributed by atoms with Gasteiger partial charge in [-0.05, 0) is 34.9 Å². The van der Waals surface area contributed by atoms with Crippen molar-refractivity contribution < 1.29 is 23.8 Å². The van der Waals surface area contributed by atoms with Gasteiger partial charge < -0.3 is 19.5 Å². The van der Waals surface area contributed by atoms with Gasteiger partial charge in [-0.1, -0.05) is 27.2 Å². The third kappa shape index (κ3) is 6.16. The molecule has 30 heavy (non-hydrogen) atoms. The first-order valence-electron chi connectivity index (χ1n) is 9.85. The molecule has 10 nitrogen and oxygen atoms in total. The number of aromatic nitrogens is 4. The molecule has 164 valence electrons. The van der Waals surface area contributed by atoms with Crippen LogP contribution < -0.4 is 14.8 Å². The molecule has 0 aliphatic carbocycles. The second-order valence-electron chi connectivity index (χ2n) is 7.08. The van der Waals surface area contributed by atoms with Crippen molar-refractivity contribution in [2.45, 2.75) is 52.8 Å². The average Bonchev–Trinajstić information content (AvgIpc) is 3.20. The minimum absolute atomic E-state index is 0.0678. The molecule has 2 aromatic rings. The lowest BCUT2D eigenvalue weighted by Gasteiger charge is -2.21. The fraction of sp³-hybridized carbons (Fsp3) is 0.550. The molecule has 1 heterocycles. The monoisotopic (exact) mass is 419 g/mol. The largest absolute Gasteiger partial charge is 0.497 e. The Bertz CT molecular complexity index is 830. The Kier molecular flexibility index (Phi) is 8.57. The van der Waals surface area contributed by atoms with E-state index in [9.17, 15) is 9.59 Å². The SMILES string of the molecule is CCCCn1nnnc1COC(=O)[C@@H](NC(=O)c1cc(OC)cc(OC)c1)C(C)C. The Hall–Kier alpha value is -3.17. The van der Waals surface area contributed by atoms with Crippen LogP contribution in [0, 0.1) is 5.92 Å². The number of nitrogens with one attached hydrogen (secondary N) is 1. The van der Waals surface area contributed by atoms with E-state index in [0.717, 1.165) is 12.8 Å². The van der Waals surface area contributed by atoms with Crippen LogP contribution in [0.2, 0.25) is 0 Å². The fourth-order valence-corrected chi connectivity index (χ4v) is 2.69. The molecule has 0 fully saturated rings. The normalized spacial score (nSPS) is 11.8. The average molecular weight is 419 g/mol. The molecule has 1 aromatic carbocycles. The smallest absolute Gasteiger partial charge is 0.329 e. The molecule has 0 bridgehead atoms. The molecule has 0 saturated carbocycles. The van der Waals surface area contributed by atoms with Gasteiger partial charge >= 0.3 is 5.97 Å². The lowest BCUT2D eigenvalue weighted by molar-refractivity contribution is -0.148. The molecule has 2 rings (SSSR count).